The van der Waals surface area contributed by atoms with Crippen molar-refractivity contribution in [2.45, 2.75) is 25.5 Å². The molecular formula is C8H16N4O4. The number of amides is 1. The van der Waals surface area contributed by atoms with E-state index in [0.29, 0.717) is 0 Å². The van der Waals surface area contributed by atoms with E-state index in [-0.39, 0.29) is 18.9 Å². The molecule has 0 aliphatic heterocycles. The summed E-state index contributed by atoms with van der Waals surface area (Å²) in [6.45, 7) is 1.33. The minimum absolute atomic E-state index is 0.0308. The molecule has 0 spiro atoms. The number of rotatable bonds is 6. The van der Waals surface area contributed by atoms with Crippen molar-refractivity contribution in [2.75, 3.05) is 6.54 Å². The Balaban J connectivity index is 4.27. The summed E-state index contributed by atoms with van der Waals surface area (Å²) in [5.41, 5.74) is 10.2. The number of carbonyl (C=O) groups is 2. The number of nitrogens with two attached hydrogens (primary N) is 2. The van der Waals surface area contributed by atoms with E-state index in [1.807, 2.05) is 0 Å². The van der Waals surface area contributed by atoms with Crippen LogP contribution in [-0.4, -0.2) is 41.6 Å². The molecule has 0 aromatic heterocycles. The van der Waals surface area contributed by atoms with Crippen molar-refractivity contribution >= 4 is 17.8 Å². The third kappa shape index (κ3) is 5.81. The highest BCUT2D eigenvalue weighted by molar-refractivity contribution is 5.81. The van der Waals surface area contributed by atoms with Gasteiger partial charge in [-0.1, -0.05) is 0 Å². The zero-order valence-electron chi connectivity index (χ0n) is 8.90. The number of carboxylic acid groups (broad SMARTS) is 1. The van der Waals surface area contributed by atoms with E-state index < -0.39 is 24.0 Å². The van der Waals surface area contributed by atoms with E-state index in [0.717, 1.165) is 6.92 Å². The average molecular weight is 232 g/mol. The fourth-order valence-corrected chi connectivity index (χ4v) is 1.06. The molecule has 2 atom stereocenters. The Hall–Kier alpha value is -1.83. The number of aliphatic hydroxyl groups excluding tert-OH is 1. The molecule has 0 aromatic carbocycles. The van der Waals surface area contributed by atoms with Crippen LogP contribution in [0.5, 0.6) is 0 Å². The van der Waals surface area contributed by atoms with Crippen molar-refractivity contribution in [3.05, 3.63) is 0 Å². The van der Waals surface area contributed by atoms with Crippen LogP contribution in [0.15, 0.2) is 0 Å². The first-order chi connectivity index (χ1) is 7.34. The number of aliphatic hydroxyl groups is 1. The van der Waals surface area contributed by atoms with Gasteiger partial charge in [0.15, 0.2) is 0 Å². The highest BCUT2D eigenvalue weighted by Gasteiger charge is 2.20. The number of carbonyl (C=O) groups excluding carboxylic acids is 2. The molecule has 16 heavy (non-hydrogen) atoms. The Kier molecular flexibility index (Phi) is 5.86. The van der Waals surface area contributed by atoms with Crippen molar-refractivity contribution in [1.29, 1.82) is 0 Å². The third-order valence-corrected chi connectivity index (χ3v) is 1.77. The lowest BCUT2D eigenvalue weighted by atomic mass is 10.1. The monoisotopic (exact) mass is 232 g/mol. The number of hydrogen-bond donors (Lipinski definition) is 5. The second kappa shape index (κ2) is 6.62. The molecular weight excluding hydrogens is 216 g/mol. The van der Waals surface area contributed by atoms with E-state index in [2.05, 4.69) is 10.3 Å². The van der Waals surface area contributed by atoms with Crippen LogP contribution >= 0.6 is 0 Å². The number of aliphatic carboxylic acids is 1. The first kappa shape index (κ1) is 14.2. The first-order valence-electron chi connectivity index (χ1n) is 4.62. The molecule has 0 fully saturated rings. The summed E-state index contributed by atoms with van der Waals surface area (Å²) in [7, 11) is 0. The number of guanidine groups is 1. The van der Waals surface area contributed by atoms with Gasteiger partial charge in [-0.2, -0.15) is 0 Å². The van der Waals surface area contributed by atoms with Crippen LogP contribution in [0.4, 0.5) is 0 Å². The molecule has 0 bridgehead atoms. The van der Waals surface area contributed by atoms with Gasteiger partial charge in [0.1, 0.15) is 0 Å². The van der Waals surface area contributed by atoms with Crippen LogP contribution in [0.1, 0.15) is 13.3 Å². The van der Waals surface area contributed by atoms with Crippen molar-refractivity contribution in [3.63, 3.8) is 0 Å². The quantitative estimate of drug-likeness (QED) is 0.227. The minimum Gasteiger partial charge on any atom is -0.548 e. The van der Waals surface area contributed by atoms with Gasteiger partial charge >= 0.3 is 5.96 Å². The van der Waals surface area contributed by atoms with Crippen LogP contribution < -0.4 is 26.9 Å². The fraction of sp³-hybridized carbons (Fsp3) is 0.625. The Morgan fingerprint density at radius 3 is 2.44 bits per heavy atom. The molecule has 1 amide bonds. The summed E-state index contributed by atoms with van der Waals surface area (Å²) in [6, 6.07) is -1.45. The lowest BCUT2D eigenvalue weighted by Crippen LogP contribution is -2.78. The highest BCUT2D eigenvalue weighted by Crippen LogP contribution is 1.96. The Bertz CT molecular complexity index is 288. The molecule has 0 saturated heterocycles. The SMILES string of the molecule is CC(=O)N[C@H](C(=O)[O-])[C@H](O)CC[NH+]=C(N)N. The molecule has 8 nitrogen and oxygen atoms in total. The zero-order chi connectivity index (χ0) is 12.7. The second-order valence-electron chi connectivity index (χ2n) is 3.24. The standard InChI is InChI=1S/C8H16N4O4/c1-4(13)12-6(7(15)16)5(14)2-3-11-8(9)10/h5-6,14H,2-3H2,1H3,(H,12,13)(H,15,16)(H4,9,10,11)/t5-,6+/m1/s1. The van der Waals surface area contributed by atoms with Gasteiger partial charge < -0.3 is 20.3 Å². The molecule has 7 N–H and O–H groups in total. The third-order valence-electron chi connectivity index (χ3n) is 1.77. The van der Waals surface area contributed by atoms with Gasteiger partial charge in [-0.25, -0.2) is 0 Å². The van der Waals surface area contributed by atoms with Crippen molar-refractivity contribution in [2.24, 2.45) is 11.5 Å². The molecule has 0 saturated carbocycles. The minimum atomic E-state index is -1.55. The zero-order valence-corrected chi connectivity index (χ0v) is 8.90. The molecule has 92 valence electrons. The lowest BCUT2D eigenvalue weighted by Gasteiger charge is -2.23. The smallest absolute Gasteiger partial charge is 0.338 e. The summed E-state index contributed by atoms with van der Waals surface area (Å²) in [6.07, 6.45) is -1.22. The predicted molar refractivity (Wildman–Crippen MR) is 52.4 cm³/mol. The van der Waals surface area contributed by atoms with Crippen molar-refractivity contribution in [1.82, 2.24) is 5.32 Å². The second-order valence-corrected chi connectivity index (χ2v) is 3.24. The van der Waals surface area contributed by atoms with Gasteiger partial charge in [0.25, 0.3) is 0 Å². The predicted octanol–water partition coefficient (Wildman–Crippen LogP) is -5.65. The van der Waals surface area contributed by atoms with Crippen molar-refractivity contribution < 1.29 is 24.8 Å². The average Bonchev–Trinajstić information content (AvgIpc) is 2.12. The van der Waals surface area contributed by atoms with Crippen LogP contribution in [-0.2, 0) is 9.59 Å². The molecule has 0 aliphatic rings. The van der Waals surface area contributed by atoms with Crippen LogP contribution in [0, 0.1) is 0 Å². The van der Waals surface area contributed by atoms with E-state index in [1.165, 1.54) is 0 Å². The molecule has 0 rings (SSSR count). The van der Waals surface area contributed by atoms with Crippen molar-refractivity contribution in [3.8, 4) is 0 Å². The van der Waals surface area contributed by atoms with E-state index in [4.69, 9.17) is 11.5 Å². The molecule has 8 heteroatoms. The molecule has 0 aromatic rings. The summed E-state index contributed by atoms with van der Waals surface area (Å²) in [5.74, 6) is -2.14. The summed E-state index contributed by atoms with van der Waals surface area (Å²) < 4.78 is 0. The number of carboxylic acids is 1. The van der Waals surface area contributed by atoms with Gasteiger partial charge in [0, 0.05) is 13.3 Å². The van der Waals surface area contributed by atoms with Gasteiger partial charge in [-0.05, 0) is 0 Å². The van der Waals surface area contributed by atoms with Gasteiger partial charge in [-0.3, -0.25) is 21.3 Å². The molecule has 0 radical (unpaired) electrons. The topological polar surface area (TPSA) is 155 Å². The van der Waals surface area contributed by atoms with E-state index >= 15 is 0 Å². The summed E-state index contributed by atoms with van der Waals surface area (Å²) in [5, 5.41) is 22.2. The Labute approximate surface area is 92.3 Å². The molecule has 0 aliphatic carbocycles. The highest BCUT2D eigenvalue weighted by atomic mass is 16.4. The van der Waals surface area contributed by atoms with Gasteiger partial charge in [0.05, 0.1) is 24.7 Å². The maximum atomic E-state index is 10.7. The maximum Gasteiger partial charge on any atom is 0.338 e. The van der Waals surface area contributed by atoms with Gasteiger partial charge in [-0.15, -0.1) is 0 Å². The largest absolute Gasteiger partial charge is 0.548 e. The molecule has 0 unspecified atom stereocenters. The van der Waals surface area contributed by atoms with Crippen LogP contribution in [0.25, 0.3) is 0 Å². The fourth-order valence-electron chi connectivity index (χ4n) is 1.06. The maximum absolute atomic E-state index is 10.7. The Morgan fingerprint density at radius 2 is 2.06 bits per heavy atom. The summed E-state index contributed by atoms with van der Waals surface area (Å²) >= 11 is 0. The number of nitrogens with one attached hydrogen (secondary N) is 2. The Morgan fingerprint density at radius 1 is 1.50 bits per heavy atom. The van der Waals surface area contributed by atoms with Gasteiger partial charge in [0.2, 0.25) is 5.91 Å². The first-order valence-corrected chi connectivity index (χ1v) is 4.62. The number of hydrogen-bond acceptors (Lipinski definition) is 4. The van der Waals surface area contributed by atoms with E-state index in [9.17, 15) is 19.8 Å². The lowest BCUT2D eigenvalue weighted by molar-refractivity contribution is -0.461. The van der Waals surface area contributed by atoms with Crippen LogP contribution in [0.2, 0.25) is 0 Å². The summed E-state index contributed by atoms with van der Waals surface area (Å²) in [4.78, 5) is 23.8. The van der Waals surface area contributed by atoms with Crippen LogP contribution in [0.3, 0.4) is 0 Å². The normalized spacial score (nSPS) is 13.6. The molecule has 0 heterocycles. The van der Waals surface area contributed by atoms with E-state index in [1.54, 1.807) is 0 Å².